The van der Waals surface area contributed by atoms with Crippen LogP contribution in [0.15, 0.2) is 48.5 Å². The van der Waals surface area contributed by atoms with Crippen molar-refractivity contribution in [2.24, 2.45) is 5.92 Å². The van der Waals surface area contributed by atoms with E-state index >= 15 is 0 Å². The first-order chi connectivity index (χ1) is 15.3. The highest BCUT2D eigenvalue weighted by atomic mass is 19.4. The SMILES string of the molecule is CN1CCC[C@@H](COC(=O)Cc2ccc(OCC#N)cc2)[C@H]1c1ccc(C(F)(F)F)cc1. The van der Waals surface area contributed by atoms with Crippen LogP contribution in [0, 0.1) is 17.2 Å². The molecule has 1 fully saturated rings. The quantitative estimate of drug-likeness (QED) is 0.573. The number of nitriles is 1. The second-order valence-electron chi connectivity index (χ2n) is 7.90. The monoisotopic (exact) mass is 446 g/mol. The van der Waals surface area contributed by atoms with Gasteiger partial charge in [-0.2, -0.15) is 18.4 Å². The van der Waals surface area contributed by atoms with Gasteiger partial charge in [-0.25, -0.2) is 0 Å². The Morgan fingerprint density at radius 3 is 2.47 bits per heavy atom. The smallest absolute Gasteiger partial charge is 0.416 e. The lowest BCUT2D eigenvalue weighted by Gasteiger charge is -2.39. The number of nitrogens with zero attached hydrogens (tertiary/aromatic N) is 2. The third-order valence-corrected chi connectivity index (χ3v) is 5.62. The van der Waals surface area contributed by atoms with Crippen LogP contribution < -0.4 is 4.74 Å². The standard InChI is InChI=1S/C24H25F3N2O3/c1-29-13-2-3-19(23(29)18-6-8-20(9-7-18)24(25,26)27)16-32-22(30)15-17-4-10-21(11-5-17)31-14-12-28/h4-11,19,23H,2-3,13-16H2,1H3/t19-,23+/m0/s1. The number of hydrogen-bond acceptors (Lipinski definition) is 5. The third-order valence-electron chi connectivity index (χ3n) is 5.62. The van der Waals surface area contributed by atoms with Gasteiger partial charge in [0.2, 0.25) is 0 Å². The fourth-order valence-electron chi connectivity index (χ4n) is 4.07. The van der Waals surface area contributed by atoms with E-state index in [1.54, 1.807) is 24.3 Å². The number of alkyl halides is 3. The van der Waals surface area contributed by atoms with Crippen molar-refractivity contribution in [2.45, 2.75) is 31.5 Å². The second-order valence-corrected chi connectivity index (χ2v) is 7.90. The molecule has 170 valence electrons. The maximum absolute atomic E-state index is 12.9. The zero-order valence-electron chi connectivity index (χ0n) is 17.8. The number of esters is 1. The predicted molar refractivity (Wildman–Crippen MR) is 112 cm³/mol. The number of ether oxygens (including phenoxy) is 2. The Hall–Kier alpha value is -3.05. The first-order valence-corrected chi connectivity index (χ1v) is 10.4. The summed E-state index contributed by atoms with van der Waals surface area (Å²) in [5, 5.41) is 8.54. The van der Waals surface area contributed by atoms with Crippen molar-refractivity contribution in [3.63, 3.8) is 0 Å². The Morgan fingerprint density at radius 2 is 1.84 bits per heavy atom. The normalized spacial score (nSPS) is 19.2. The molecule has 8 heteroatoms. The minimum atomic E-state index is -4.37. The molecule has 0 spiro atoms. The molecule has 1 heterocycles. The number of benzene rings is 2. The van der Waals surface area contributed by atoms with Gasteiger partial charge < -0.3 is 9.47 Å². The van der Waals surface area contributed by atoms with Crippen molar-refractivity contribution < 1.29 is 27.4 Å². The zero-order chi connectivity index (χ0) is 23.1. The first kappa shape index (κ1) is 23.6. The maximum Gasteiger partial charge on any atom is 0.416 e. The molecule has 0 radical (unpaired) electrons. The Bertz CT molecular complexity index is 937. The summed E-state index contributed by atoms with van der Waals surface area (Å²) < 4.78 is 49.4. The maximum atomic E-state index is 12.9. The van der Waals surface area contributed by atoms with E-state index in [1.807, 2.05) is 13.1 Å². The van der Waals surface area contributed by atoms with Crippen LogP contribution in [0.5, 0.6) is 5.75 Å². The van der Waals surface area contributed by atoms with Gasteiger partial charge in [-0.15, -0.1) is 0 Å². The molecule has 0 bridgehead atoms. The molecule has 2 aromatic rings. The van der Waals surface area contributed by atoms with E-state index in [1.165, 1.54) is 12.1 Å². The lowest BCUT2D eigenvalue weighted by Crippen LogP contribution is -2.38. The minimum Gasteiger partial charge on any atom is -0.479 e. The van der Waals surface area contributed by atoms with Gasteiger partial charge in [-0.05, 0) is 61.8 Å². The molecule has 32 heavy (non-hydrogen) atoms. The minimum absolute atomic E-state index is 0.00352. The van der Waals surface area contributed by atoms with Crippen LogP contribution >= 0.6 is 0 Å². The molecule has 2 aromatic carbocycles. The van der Waals surface area contributed by atoms with E-state index < -0.39 is 11.7 Å². The van der Waals surface area contributed by atoms with Gasteiger partial charge in [0.15, 0.2) is 6.61 Å². The highest BCUT2D eigenvalue weighted by Gasteiger charge is 2.33. The van der Waals surface area contributed by atoms with Crippen molar-refractivity contribution in [2.75, 3.05) is 26.8 Å². The fourth-order valence-corrected chi connectivity index (χ4v) is 4.07. The van der Waals surface area contributed by atoms with Crippen LogP contribution in [0.2, 0.25) is 0 Å². The van der Waals surface area contributed by atoms with Gasteiger partial charge in [0, 0.05) is 12.0 Å². The van der Waals surface area contributed by atoms with E-state index in [4.69, 9.17) is 14.7 Å². The zero-order valence-corrected chi connectivity index (χ0v) is 17.8. The Labute approximate surface area is 185 Å². The summed E-state index contributed by atoms with van der Waals surface area (Å²) in [5.74, 6) is 0.180. The number of rotatable bonds is 7. The van der Waals surface area contributed by atoms with Gasteiger partial charge in [-0.3, -0.25) is 9.69 Å². The molecule has 0 aromatic heterocycles. The number of likely N-dealkylation sites (tertiary alicyclic amines) is 1. The number of piperidine rings is 1. The molecule has 1 aliphatic heterocycles. The number of carbonyl (C=O) groups excluding carboxylic acids is 1. The largest absolute Gasteiger partial charge is 0.479 e. The Kier molecular flexibility index (Phi) is 7.75. The van der Waals surface area contributed by atoms with E-state index in [2.05, 4.69) is 4.90 Å². The molecule has 1 saturated heterocycles. The Balaban J connectivity index is 1.59. The molecular weight excluding hydrogens is 421 g/mol. The molecule has 0 N–H and O–H groups in total. The Morgan fingerprint density at radius 1 is 1.16 bits per heavy atom. The summed E-state index contributed by atoms with van der Waals surface area (Å²) in [4.78, 5) is 14.5. The van der Waals surface area contributed by atoms with E-state index in [-0.39, 0.29) is 37.6 Å². The molecular formula is C24H25F3N2O3. The molecule has 5 nitrogen and oxygen atoms in total. The molecule has 3 rings (SSSR count). The number of halogens is 3. The van der Waals surface area contributed by atoms with Crippen LogP contribution in [-0.4, -0.2) is 37.7 Å². The van der Waals surface area contributed by atoms with Crippen molar-refractivity contribution in [1.82, 2.24) is 4.90 Å². The van der Waals surface area contributed by atoms with Crippen LogP contribution in [0.25, 0.3) is 0 Å². The number of carbonyl (C=O) groups is 1. The average Bonchev–Trinajstić information content (AvgIpc) is 2.77. The molecule has 0 saturated carbocycles. The summed E-state index contributed by atoms with van der Waals surface area (Å²) >= 11 is 0. The summed E-state index contributed by atoms with van der Waals surface area (Å²) in [6.07, 6.45) is -2.51. The molecule has 2 atom stereocenters. The average molecular weight is 446 g/mol. The van der Waals surface area contributed by atoms with Crippen LogP contribution in [-0.2, 0) is 22.1 Å². The lowest BCUT2D eigenvalue weighted by atomic mass is 9.85. The molecule has 0 unspecified atom stereocenters. The van der Waals surface area contributed by atoms with Crippen molar-refractivity contribution in [1.29, 1.82) is 5.26 Å². The molecule has 0 aliphatic carbocycles. The molecule has 0 amide bonds. The van der Waals surface area contributed by atoms with E-state index in [0.29, 0.717) is 5.75 Å². The predicted octanol–water partition coefficient (Wildman–Crippen LogP) is 4.78. The summed E-state index contributed by atoms with van der Waals surface area (Å²) in [6, 6.07) is 13.9. The van der Waals surface area contributed by atoms with Crippen LogP contribution in [0.3, 0.4) is 0 Å². The van der Waals surface area contributed by atoms with Crippen LogP contribution in [0.1, 0.15) is 35.6 Å². The topological polar surface area (TPSA) is 62.6 Å². The second kappa shape index (κ2) is 10.5. The van der Waals surface area contributed by atoms with Gasteiger partial charge in [0.1, 0.15) is 11.8 Å². The summed E-state index contributed by atoms with van der Waals surface area (Å²) in [5.41, 5.74) is 0.875. The van der Waals surface area contributed by atoms with Crippen molar-refractivity contribution in [3.8, 4) is 11.8 Å². The summed E-state index contributed by atoms with van der Waals surface area (Å²) in [6.45, 7) is 0.992. The number of hydrogen-bond donors (Lipinski definition) is 0. The first-order valence-electron chi connectivity index (χ1n) is 10.4. The van der Waals surface area contributed by atoms with Crippen LogP contribution in [0.4, 0.5) is 13.2 Å². The highest BCUT2D eigenvalue weighted by Crippen LogP contribution is 2.37. The van der Waals surface area contributed by atoms with Crippen molar-refractivity contribution >= 4 is 5.97 Å². The van der Waals surface area contributed by atoms with E-state index in [9.17, 15) is 18.0 Å². The fraction of sp³-hybridized carbons (Fsp3) is 0.417. The lowest BCUT2D eigenvalue weighted by molar-refractivity contribution is -0.145. The van der Waals surface area contributed by atoms with Gasteiger partial charge in [-0.1, -0.05) is 24.3 Å². The highest BCUT2D eigenvalue weighted by molar-refractivity contribution is 5.72. The molecule has 1 aliphatic rings. The van der Waals surface area contributed by atoms with Gasteiger partial charge in [0.25, 0.3) is 0 Å². The summed E-state index contributed by atoms with van der Waals surface area (Å²) in [7, 11) is 1.94. The van der Waals surface area contributed by atoms with Gasteiger partial charge in [0.05, 0.1) is 18.6 Å². The van der Waals surface area contributed by atoms with Crippen molar-refractivity contribution in [3.05, 3.63) is 65.2 Å². The third kappa shape index (κ3) is 6.24. The van der Waals surface area contributed by atoms with Gasteiger partial charge >= 0.3 is 12.1 Å². The van der Waals surface area contributed by atoms with E-state index in [0.717, 1.165) is 42.6 Å².